The molecule has 0 unspecified atom stereocenters. The summed E-state index contributed by atoms with van der Waals surface area (Å²) in [4.78, 5) is 12.9. The molecule has 0 radical (unpaired) electrons. The average Bonchev–Trinajstić information content (AvgIpc) is 3.29. The number of piperidine rings is 1. The van der Waals surface area contributed by atoms with Gasteiger partial charge in [0.25, 0.3) is 0 Å². The van der Waals surface area contributed by atoms with Crippen LogP contribution in [0.5, 0.6) is 0 Å². The van der Waals surface area contributed by atoms with Gasteiger partial charge in [0.2, 0.25) is 15.9 Å². The lowest BCUT2D eigenvalue weighted by atomic mass is 9.97. The van der Waals surface area contributed by atoms with Crippen LogP contribution in [0.4, 0.5) is 10.1 Å². The van der Waals surface area contributed by atoms with E-state index in [-0.39, 0.29) is 35.5 Å². The van der Waals surface area contributed by atoms with Crippen molar-refractivity contribution in [3.63, 3.8) is 0 Å². The number of nitrogens with one attached hydrogen (secondary N) is 1. The van der Waals surface area contributed by atoms with Gasteiger partial charge in [-0.15, -0.1) is 0 Å². The second kappa shape index (κ2) is 8.37. The van der Waals surface area contributed by atoms with Gasteiger partial charge in [0.15, 0.2) is 5.82 Å². The predicted molar refractivity (Wildman–Crippen MR) is 110 cm³/mol. The minimum atomic E-state index is -3.56. The fourth-order valence-electron chi connectivity index (χ4n) is 3.53. The number of benzene rings is 2. The molecular formula is C21H21FN4O3S. The number of aromatic nitrogens is 2. The largest absolute Gasteiger partial charge is 0.326 e. The molecular weight excluding hydrogens is 407 g/mol. The Morgan fingerprint density at radius 3 is 2.43 bits per heavy atom. The number of carbonyl (C=O) groups excluding carboxylic acids is 1. The van der Waals surface area contributed by atoms with Crippen molar-refractivity contribution in [3.8, 4) is 5.69 Å². The summed E-state index contributed by atoms with van der Waals surface area (Å²) in [7, 11) is -3.56. The van der Waals surface area contributed by atoms with Gasteiger partial charge in [-0.2, -0.15) is 9.40 Å². The predicted octanol–water partition coefficient (Wildman–Crippen LogP) is 3.05. The van der Waals surface area contributed by atoms with Crippen molar-refractivity contribution in [1.29, 1.82) is 0 Å². The standard InChI is InChI=1S/C21H21FN4O3S/c22-19-15-17(7-8-20(19)26-12-4-11-23-26)24-21(27)16-9-13-25(14-10-16)30(28,29)18-5-2-1-3-6-18/h1-8,11-12,15-16H,9-10,13-14H2,(H,24,27). The van der Waals surface area contributed by atoms with E-state index >= 15 is 0 Å². The summed E-state index contributed by atoms with van der Waals surface area (Å²) in [6.45, 7) is 0.532. The van der Waals surface area contributed by atoms with Crippen LogP contribution >= 0.6 is 0 Å². The van der Waals surface area contributed by atoms with Crippen molar-refractivity contribution < 1.29 is 17.6 Å². The molecule has 2 heterocycles. The summed E-state index contributed by atoms with van der Waals surface area (Å²) >= 11 is 0. The van der Waals surface area contributed by atoms with E-state index in [9.17, 15) is 17.6 Å². The van der Waals surface area contributed by atoms with Crippen molar-refractivity contribution in [1.82, 2.24) is 14.1 Å². The number of anilines is 1. The summed E-state index contributed by atoms with van der Waals surface area (Å²) in [5.41, 5.74) is 0.644. The summed E-state index contributed by atoms with van der Waals surface area (Å²) in [5.74, 6) is -1.07. The van der Waals surface area contributed by atoms with Gasteiger partial charge < -0.3 is 5.32 Å². The monoisotopic (exact) mass is 428 g/mol. The second-order valence-electron chi connectivity index (χ2n) is 7.10. The molecule has 1 saturated heterocycles. The van der Waals surface area contributed by atoms with E-state index < -0.39 is 15.8 Å². The molecule has 2 aromatic carbocycles. The second-order valence-corrected chi connectivity index (χ2v) is 9.04. The highest BCUT2D eigenvalue weighted by atomic mass is 32.2. The molecule has 0 atom stereocenters. The molecule has 1 N–H and O–H groups in total. The van der Waals surface area contributed by atoms with E-state index in [4.69, 9.17) is 0 Å². The molecule has 1 fully saturated rings. The van der Waals surface area contributed by atoms with Crippen molar-refractivity contribution in [2.75, 3.05) is 18.4 Å². The Morgan fingerprint density at radius 2 is 1.80 bits per heavy atom. The molecule has 4 rings (SSSR count). The smallest absolute Gasteiger partial charge is 0.243 e. The van der Waals surface area contributed by atoms with Gasteiger partial charge in [-0.3, -0.25) is 4.79 Å². The molecule has 1 aromatic heterocycles. The first-order valence-electron chi connectivity index (χ1n) is 9.61. The molecule has 0 aliphatic carbocycles. The minimum Gasteiger partial charge on any atom is -0.326 e. The zero-order valence-electron chi connectivity index (χ0n) is 16.1. The molecule has 0 spiro atoms. The van der Waals surface area contributed by atoms with Crippen LogP contribution in [0, 0.1) is 11.7 Å². The first-order valence-corrected chi connectivity index (χ1v) is 11.0. The molecule has 0 bridgehead atoms. The Morgan fingerprint density at radius 1 is 1.07 bits per heavy atom. The van der Waals surface area contributed by atoms with E-state index in [1.165, 1.54) is 15.1 Å². The Labute approximate surface area is 174 Å². The number of sulfonamides is 1. The molecule has 7 nitrogen and oxygen atoms in total. The average molecular weight is 428 g/mol. The lowest BCUT2D eigenvalue weighted by Crippen LogP contribution is -2.41. The van der Waals surface area contributed by atoms with E-state index in [0.29, 0.717) is 18.5 Å². The maximum absolute atomic E-state index is 14.4. The Bertz CT molecular complexity index is 1130. The third-order valence-corrected chi connectivity index (χ3v) is 7.09. The normalized spacial score (nSPS) is 15.8. The van der Waals surface area contributed by atoms with Gasteiger partial charge in [-0.1, -0.05) is 18.2 Å². The van der Waals surface area contributed by atoms with Crippen molar-refractivity contribution >= 4 is 21.6 Å². The SMILES string of the molecule is O=C(Nc1ccc(-n2cccn2)c(F)c1)C1CCN(S(=O)(=O)c2ccccc2)CC1. The van der Waals surface area contributed by atoms with Gasteiger partial charge in [0, 0.05) is 37.1 Å². The molecule has 30 heavy (non-hydrogen) atoms. The van der Waals surface area contributed by atoms with Crippen molar-refractivity contribution in [2.45, 2.75) is 17.7 Å². The highest BCUT2D eigenvalue weighted by Gasteiger charge is 2.32. The number of carbonyl (C=O) groups is 1. The van der Waals surface area contributed by atoms with E-state index in [1.807, 2.05) is 0 Å². The van der Waals surface area contributed by atoms with Crippen LogP contribution in [0.25, 0.3) is 5.69 Å². The van der Waals surface area contributed by atoms with Gasteiger partial charge in [-0.05, 0) is 49.2 Å². The fourth-order valence-corrected chi connectivity index (χ4v) is 5.02. The fraction of sp³-hybridized carbons (Fsp3) is 0.238. The van der Waals surface area contributed by atoms with Crippen LogP contribution in [0.15, 0.2) is 71.9 Å². The number of amides is 1. The maximum atomic E-state index is 14.4. The van der Waals surface area contributed by atoms with Gasteiger partial charge in [0.1, 0.15) is 5.69 Å². The molecule has 1 aliphatic rings. The number of halogens is 1. The van der Waals surface area contributed by atoms with E-state index in [0.717, 1.165) is 0 Å². The van der Waals surface area contributed by atoms with Crippen LogP contribution in [-0.4, -0.2) is 41.5 Å². The number of hydrogen-bond donors (Lipinski definition) is 1. The third kappa shape index (κ3) is 4.12. The summed E-state index contributed by atoms with van der Waals surface area (Å²) in [6, 6.07) is 14.4. The van der Waals surface area contributed by atoms with Crippen molar-refractivity contribution in [3.05, 3.63) is 72.8 Å². The Balaban J connectivity index is 1.37. The van der Waals surface area contributed by atoms with Gasteiger partial charge in [-0.25, -0.2) is 17.5 Å². The molecule has 0 saturated carbocycles. The summed E-state index contributed by atoms with van der Waals surface area (Å²) in [6.07, 6.45) is 4.00. The number of rotatable bonds is 5. The summed E-state index contributed by atoms with van der Waals surface area (Å²) < 4.78 is 42.6. The van der Waals surface area contributed by atoms with Crippen molar-refractivity contribution in [2.24, 2.45) is 5.92 Å². The highest BCUT2D eigenvalue weighted by Crippen LogP contribution is 2.25. The first kappa shape index (κ1) is 20.2. The lowest BCUT2D eigenvalue weighted by Gasteiger charge is -2.30. The molecule has 1 aliphatic heterocycles. The quantitative estimate of drug-likeness (QED) is 0.677. The maximum Gasteiger partial charge on any atom is 0.243 e. The van der Waals surface area contributed by atoms with Crippen LogP contribution in [-0.2, 0) is 14.8 Å². The van der Waals surface area contributed by atoms with Gasteiger partial charge in [0.05, 0.1) is 4.90 Å². The Kier molecular flexibility index (Phi) is 5.65. The molecule has 1 amide bonds. The number of nitrogens with zero attached hydrogens (tertiary/aromatic N) is 3. The first-order chi connectivity index (χ1) is 14.4. The third-order valence-electron chi connectivity index (χ3n) is 5.17. The lowest BCUT2D eigenvalue weighted by molar-refractivity contribution is -0.120. The Hall–Kier alpha value is -3.04. The summed E-state index contributed by atoms with van der Waals surface area (Å²) in [5, 5.41) is 6.73. The van der Waals surface area contributed by atoms with Crippen LogP contribution in [0.2, 0.25) is 0 Å². The van der Waals surface area contributed by atoms with Crippen LogP contribution < -0.4 is 5.32 Å². The van der Waals surface area contributed by atoms with E-state index in [1.54, 1.807) is 60.9 Å². The molecule has 156 valence electrons. The minimum absolute atomic E-state index is 0.238. The highest BCUT2D eigenvalue weighted by molar-refractivity contribution is 7.89. The topological polar surface area (TPSA) is 84.3 Å². The van der Waals surface area contributed by atoms with Gasteiger partial charge >= 0.3 is 0 Å². The zero-order chi connectivity index (χ0) is 21.1. The molecule has 9 heteroatoms. The van der Waals surface area contributed by atoms with E-state index in [2.05, 4.69) is 10.4 Å². The zero-order valence-corrected chi connectivity index (χ0v) is 16.9. The molecule has 3 aromatic rings. The van der Waals surface area contributed by atoms with Crippen LogP contribution in [0.3, 0.4) is 0 Å². The van der Waals surface area contributed by atoms with Crippen LogP contribution in [0.1, 0.15) is 12.8 Å². The number of hydrogen-bond acceptors (Lipinski definition) is 4.